The number of nitrogens with zero attached hydrogens (tertiary/aromatic N) is 3. The molecule has 0 bridgehead atoms. The zero-order chi connectivity index (χ0) is 20.1. The molecule has 4 rings (SSSR count). The van der Waals surface area contributed by atoms with E-state index in [-0.39, 0.29) is 0 Å². The highest BCUT2D eigenvalue weighted by molar-refractivity contribution is 5.93. The Morgan fingerprint density at radius 1 is 1.10 bits per heavy atom. The topological polar surface area (TPSA) is 49.9 Å². The fourth-order valence-corrected chi connectivity index (χ4v) is 4.40. The summed E-state index contributed by atoms with van der Waals surface area (Å²) >= 11 is 0. The Hall–Kier alpha value is -2.05. The Labute approximate surface area is 174 Å². The molecule has 0 spiro atoms. The second kappa shape index (κ2) is 9.63. The molecule has 0 atom stereocenters. The van der Waals surface area contributed by atoms with Crippen LogP contribution in [-0.2, 0) is 0 Å². The number of hydrogen-bond donors (Lipinski definition) is 1. The maximum atomic E-state index is 6.08. The predicted octanol–water partition coefficient (Wildman–Crippen LogP) is 3.61. The summed E-state index contributed by atoms with van der Waals surface area (Å²) in [5.74, 6) is 1.56. The van der Waals surface area contributed by atoms with Gasteiger partial charge >= 0.3 is 0 Å². The molecule has 158 valence electrons. The summed E-state index contributed by atoms with van der Waals surface area (Å²) < 4.78 is 11.7. The maximum Gasteiger partial charge on any atom is 0.163 e. The zero-order valence-corrected chi connectivity index (χ0v) is 17.8. The number of likely N-dealkylation sites (tertiary alicyclic amines) is 2. The number of aromatic nitrogens is 1. The first-order chi connectivity index (χ1) is 14.2. The fraction of sp³-hybridized carbons (Fsp3) is 0.609. The van der Waals surface area contributed by atoms with E-state index in [0.717, 1.165) is 67.0 Å². The van der Waals surface area contributed by atoms with E-state index in [1.54, 1.807) is 7.11 Å². The van der Waals surface area contributed by atoms with Crippen molar-refractivity contribution in [1.29, 1.82) is 0 Å². The highest BCUT2D eigenvalue weighted by Crippen LogP contribution is 2.35. The third-order valence-corrected chi connectivity index (χ3v) is 6.18. The summed E-state index contributed by atoms with van der Waals surface area (Å²) in [6.07, 6.45) is 7.90. The molecule has 2 aliphatic heterocycles. The Morgan fingerprint density at radius 2 is 1.90 bits per heavy atom. The van der Waals surface area contributed by atoms with Crippen molar-refractivity contribution in [3.8, 4) is 11.5 Å². The average Bonchev–Trinajstić information content (AvgIpc) is 3.26. The quantitative estimate of drug-likeness (QED) is 0.686. The van der Waals surface area contributed by atoms with Crippen LogP contribution in [0.5, 0.6) is 11.5 Å². The molecule has 29 heavy (non-hydrogen) atoms. The molecular weight excluding hydrogens is 364 g/mol. The van der Waals surface area contributed by atoms with Crippen LogP contribution in [-0.4, -0.2) is 74.3 Å². The van der Waals surface area contributed by atoms with Crippen LogP contribution in [0.2, 0.25) is 0 Å². The van der Waals surface area contributed by atoms with E-state index in [4.69, 9.17) is 9.47 Å². The van der Waals surface area contributed by atoms with Gasteiger partial charge in [-0.2, -0.15) is 0 Å². The smallest absolute Gasteiger partial charge is 0.163 e. The van der Waals surface area contributed by atoms with Gasteiger partial charge in [-0.05, 0) is 77.5 Å². The number of methoxy groups -OCH3 is 1. The van der Waals surface area contributed by atoms with Crippen molar-refractivity contribution < 1.29 is 9.47 Å². The first-order valence-electron chi connectivity index (χ1n) is 11.0. The first kappa shape index (κ1) is 20.2. The van der Waals surface area contributed by atoms with E-state index in [0.29, 0.717) is 12.6 Å². The summed E-state index contributed by atoms with van der Waals surface area (Å²) in [5.41, 5.74) is 2.07. The SMILES string of the molecule is COc1cc2c(NC3CCN(C)CC3)ccnc2cc1OCCCN1CCCC1. The van der Waals surface area contributed by atoms with Crippen LogP contribution in [0.3, 0.4) is 0 Å². The minimum atomic E-state index is 0.504. The van der Waals surface area contributed by atoms with E-state index in [1.165, 1.54) is 25.9 Å². The molecule has 1 aromatic heterocycles. The highest BCUT2D eigenvalue weighted by atomic mass is 16.5. The van der Waals surface area contributed by atoms with Crippen molar-refractivity contribution in [2.45, 2.75) is 38.1 Å². The molecular formula is C23H34N4O2. The van der Waals surface area contributed by atoms with Crippen LogP contribution in [0, 0.1) is 0 Å². The van der Waals surface area contributed by atoms with Crippen molar-refractivity contribution in [1.82, 2.24) is 14.8 Å². The van der Waals surface area contributed by atoms with Gasteiger partial charge in [0.25, 0.3) is 0 Å². The van der Waals surface area contributed by atoms with E-state index < -0.39 is 0 Å². The number of benzene rings is 1. The lowest BCUT2D eigenvalue weighted by molar-refractivity contribution is 0.254. The second-order valence-electron chi connectivity index (χ2n) is 8.35. The lowest BCUT2D eigenvalue weighted by Crippen LogP contribution is -2.36. The van der Waals surface area contributed by atoms with Crippen molar-refractivity contribution in [2.24, 2.45) is 0 Å². The molecule has 2 aromatic rings. The number of hydrogen-bond acceptors (Lipinski definition) is 6. The summed E-state index contributed by atoms with van der Waals surface area (Å²) in [7, 11) is 3.90. The first-order valence-corrected chi connectivity index (χ1v) is 11.0. The Balaban J connectivity index is 1.44. The molecule has 1 aromatic carbocycles. The Morgan fingerprint density at radius 3 is 2.66 bits per heavy atom. The number of piperidine rings is 1. The molecule has 6 heteroatoms. The minimum Gasteiger partial charge on any atom is -0.493 e. The lowest BCUT2D eigenvalue weighted by atomic mass is 10.0. The fourth-order valence-electron chi connectivity index (χ4n) is 4.40. The average molecular weight is 399 g/mol. The Kier molecular flexibility index (Phi) is 6.72. The largest absolute Gasteiger partial charge is 0.493 e. The normalized spacial score (nSPS) is 19.0. The summed E-state index contributed by atoms with van der Waals surface area (Å²) in [6.45, 7) is 6.55. The van der Waals surface area contributed by atoms with Crippen LogP contribution in [0.4, 0.5) is 5.69 Å². The number of fused-ring (bicyclic) bond motifs is 1. The monoisotopic (exact) mass is 398 g/mol. The molecule has 3 heterocycles. The molecule has 0 unspecified atom stereocenters. The molecule has 2 saturated heterocycles. The van der Waals surface area contributed by atoms with Crippen LogP contribution in [0.25, 0.3) is 10.9 Å². The summed E-state index contributed by atoms with van der Waals surface area (Å²) in [4.78, 5) is 9.49. The molecule has 1 N–H and O–H groups in total. The van der Waals surface area contributed by atoms with Gasteiger partial charge in [-0.1, -0.05) is 0 Å². The number of rotatable bonds is 8. The van der Waals surface area contributed by atoms with E-state index in [2.05, 4.69) is 39.3 Å². The maximum absolute atomic E-state index is 6.08. The van der Waals surface area contributed by atoms with Crippen molar-refractivity contribution in [3.63, 3.8) is 0 Å². The second-order valence-corrected chi connectivity index (χ2v) is 8.35. The molecule has 0 radical (unpaired) electrons. The van der Waals surface area contributed by atoms with Gasteiger partial charge in [0.2, 0.25) is 0 Å². The molecule has 2 aliphatic rings. The predicted molar refractivity (Wildman–Crippen MR) is 118 cm³/mol. The van der Waals surface area contributed by atoms with Crippen LogP contribution >= 0.6 is 0 Å². The number of ether oxygens (including phenoxy) is 2. The molecule has 2 fully saturated rings. The molecule has 6 nitrogen and oxygen atoms in total. The van der Waals surface area contributed by atoms with Crippen LogP contribution in [0.15, 0.2) is 24.4 Å². The van der Waals surface area contributed by atoms with Gasteiger partial charge < -0.3 is 24.6 Å². The Bertz CT molecular complexity index is 799. The van der Waals surface area contributed by atoms with Gasteiger partial charge in [0.1, 0.15) is 0 Å². The summed E-state index contributed by atoms with van der Waals surface area (Å²) in [6, 6.07) is 6.65. The number of pyridine rings is 1. The standard InChI is InChI=1S/C23H34N4O2/c1-26-13-7-18(8-14-26)25-20-6-9-24-21-17-23(22(28-2)16-19(20)21)29-15-5-12-27-10-3-4-11-27/h6,9,16-18H,3-5,7-8,10-15H2,1-2H3,(H,24,25). The number of nitrogens with one attached hydrogen (secondary N) is 1. The van der Waals surface area contributed by atoms with Crippen LogP contribution < -0.4 is 14.8 Å². The van der Waals surface area contributed by atoms with E-state index in [9.17, 15) is 0 Å². The molecule has 0 saturated carbocycles. The zero-order valence-electron chi connectivity index (χ0n) is 17.8. The third-order valence-electron chi connectivity index (χ3n) is 6.18. The van der Waals surface area contributed by atoms with Gasteiger partial charge in [0.15, 0.2) is 11.5 Å². The molecule has 0 aliphatic carbocycles. The van der Waals surface area contributed by atoms with Gasteiger partial charge in [-0.3, -0.25) is 4.98 Å². The van der Waals surface area contributed by atoms with Crippen molar-refractivity contribution in [3.05, 3.63) is 24.4 Å². The van der Waals surface area contributed by atoms with E-state index >= 15 is 0 Å². The van der Waals surface area contributed by atoms with Crippen LogP contribution in [0.1, 0.15) is 32.1 Å². The minimum absolute atomic E-state index is 0.504. The third kappa shape index (κ3) is 5.11. The van der Waals surface area contributed by atoms with Gasteiger partial charge in [-0.15, -0.1) is 0 Å². The van der Waals surface area contributed by atoms with Gasteiger partial charge in [0.05, 0.1) is 19.2 Å². The number of anilines is 1. The van der Waals surface area contributed by atoms with Gasteiger partial charge in [-0.25, -0.2) is 0 Å². The van der Waals surface area contributed by atoms with Gasteiger partial charge in [0, 0.05) is 35.9 Å². The lowest BCUT2D eigenvalue weighted by Gasteiger charge is -2.30. The van der Waals surface area contributed by atoms with Crippen molar-refractivity contribution >= 4 is 16.6 Å². The summed E-state index contributed by atoms with van der Waals surface area (Å²) in [5, 5.41) is 4.82. The highest BCUT2D eigenvalue weighted by Gasteiger charge is 2.18. The van der Waals surface area contributed by atoms with Crippen molar-refractivity contribution in [2.75, 3.05) is 58.8 Å². The van der Waals surface area contributed by atoms with E-state index in [1.807, 2.05) is 12.3 Å². The molecule has 0 amide bonds.